The summed E-state index contributed by atoms with van der Waals surface area (Å²) in [5.41, 5.74) is 0. The first-order chi connectivity index (χ1) is 9.88. The van der Waals surface area contributed by atoms with Gasteiger partial charge in [0.25, 0.3) is 0 Å². The molecule has 0 atom stereocenters. The van der Waals surface area contributed by atoms with Gasteiger partial charge in [0.15, 0.2) is 0 Å². The lowest BCUT2D eigenvalue weighted by molar-refractivity contribution is -0.187. The zero-order valence-electron chi connectivity index (χ0n) is 11.7. The SMILES string of the molecule is O=C(OCCN1CCN(C(=O)C(F)(F)F)CC1)C1CCC1. The van der Waals surface area contributed by atoms with Crippen LogP contribution in [0.1, 0.15) is 19.3 Å². The van der Waals surface area contributed by atoms with Crippen LogP contribution in [-0.2, 0) is 14.3 Å². The molecule has 120 valence electrons. The molecule has 21 heavy (non-hydrogen) atoms. The molecule has 5 nitrogen and oxygen atoms in total. The van der Waals surface area contributed by atoms with Gasteiger partial charge in [0.05, 0.1) is 5.92 Å². The van der Waals surface area contributed by atoms with E-state index < -0.39 is 12.1 Å². The van der Waals surface area contributed by atoms with E-state index in [-0.39, 0.29) is 31.6 Å². The number of ether oxygens (including phenoxy) is 1. The average molecular weight is 308 g/mol. The molecule has 0 unspecified atom stereocenters. The second-order valence-electron chi connectivity index (χ2n) is 5.43. The van der Waals surface area contributed by atoms with Gasteiger partial charge in [-0.2, -0.15) is 13.2 Å². The maximum atomic E-state index is 12.3. The Balaban J connectivity index is 1.63. The molecule has 0 aromatic heterocycles. The molecule has 1 saturated heterocycles. The van der Waals surface area contributed by atoms with E-state index in [0.717, 1.165) is 24.2 Å². The van der Waals surface area contributed by atoms with Crippen LogP contribution >= 0.6 is 0 Å². The number of amides is 1. The third-order valence-corrected chi connectivity index (χ3v) is 3.99. The molecule has 0 bridgehead atoms. The van der Waals surface area contributed by atoms with Crippen molar-refractivity contribution in [2.45, 2.75) is 25.4 Å². The highest BCUT2D eigenvalue weighted by Crippen LogP contribution is 2.27. The third kappa shape index (κ3) is 4.33. The van der Waals surface area contributed by atoms with Gasteiger partial charge in [0.1, 0.15) is 6.61 Å². The molecule has 1 saturated carbocycles. The summed E-state index contributed by atoms with van der Waals surface area (Å²) in [6.07, 6.45) is -1.97. The lowest BCUT2D eigenvalue weighted by Gasteiger charge is -2.34. The number of piperazine rings is 1. The minimum atomic E-state index is -4.81. The summed E-state index contributed by atoms with van der Waals surface area (Å²) in [5, 5.41) is 0. The van der Waals surface area contributed by atoms with E-state index in [1.807, 2.05) is 4.90 Å². The van der Waals surface area contributed by atoms with Crippen molar-refractivity contribution in [1.82, 2.24) is 9.80 Å². The molecule has 2 fully saturated rings. The van der Waals surface area contributed by atoms with E-state index in [0.29, 0.717) is 19.6 Å². The third-order valence-electron chi connectivity index (χ3n) is 3.99. The number of hydrogen-bond donors (Lipinski definition) is 0. The van der Waals surface area contributed by atoms with Gasteiger partial charge in [-0.05, 0) is 12.8 Å². The van der Waals surface area contributed by atoms with Crippen LogP contribution in [0.25, 0.3) is 0 Å². The Hall–Kier alpha value is -1.31. The molecule has 1 aliphatic carbocycles. The predicted octanol–water partition coefficient (Wildman–Crippen LogP) is 1.04. The Morgan fingerprint density at radius 1 is 1.10 bits per heavy atom. The largest absolute Gasteiger partial charge is 0.471 e. The molecule has 1 aliphatic heterocycles. The summed E-state index contributed by atoms with van der Waals surface area (Å²) >= 11 is 0. The van der Waals surface area contributed by atoms with Crippen LogP contribution in [0.3, 0.4) is 0 Å². The molecule has 2 rings (SSSR count). The Bertz CT molecular complexity index is 389. The monoisotopic (exact) mass is 308 g/mol. The molecule has 0 N–H and O–H groups in total. The Labute approximate surface area is 121 Å². The maximum Gasteiger partial charge on any atom is 0.471 e. The van der Waals surface area contributed by atoms with Crippen LogP contribution in [0, 0.1) is 5.92 Å². The van der Waals surface area contributed by atoms with Crippen molar-refractivity contribution < 1.29 is 27.5 Å². The van der Waals surface area contributed by atoms with Gasteiger partial charge >= 0.3 is 18.1 Å². The summed E-state index contributed by atoms with van der Waals surface area (Å²) in [7, 11) is 0. The quantitative estimate of drug-likeness (QED) is 0.728. The molecular formula is C13H19F3N2O3. The van der Waals surface area contributed by atoms with Crippen LogP contribution in [0.2, 0.25) is 0 Å². The smallest absolute Gasteiger partial charge is 0.464 e. The van der Waals surface area contributed by atoms with E-state index in [2.05, 4.69) is 0 Å². The van der Waals surface area contributed by atoms with E-state index in [1.165, 1.54) is 0 Å². The normalized spacial score (nSPS) is 21.0. The van der Waals surface area contributed by atoms with Crippen LogP contribution in [0.4, 0.5) is 13.2 Å². The van der Waals surface area contributed by atoms with Gasteiger partial charge in [-0.25, -0.2) is 0 Å². The van der Waals surface area contributed by atoms with Crippen molar-refractivity contribution in [1.29, 1.82) is 0 Å². The number of esters is 1. The summed E-state index contributed by atoms with van der Waals surface area (Å²) in [4.78, 5) is 25.3. The van der Waals surface area contributed by atoms with Gasteiger partial charge in [0.2, 0.25) is 0 Å². The maximum absolute atomic E-state index is 12.3. The van der Waals surface area contributed by atoms with Crippen molar-refractivity contribution in [3.63, 3.8) is 0 Å². The van der Waals surface area contributed by atoms with Crippen LogP contribution < -0.4 is 0 Å². The number of hydrogen-bond acceptors (Lipinski definition) is 4. The average Bonchev–Trinajstić information content (AvgIpc) is 2.35. The van der Waals surface area contributed by atoms with Crippen molar-refractivity contribution in [2.24, 2.45) is 5.92 Å². The van der Waals surface area contributed by atoms with E-state index in [4.69, 9.17) is 4.74 Å². The van der Waals surface area contributed by atoms with Crippen molar-refractivity contribution >= 4 is 11.9 Å². The topological polar surface area (TPSA) is 49.9 Å². The fourth-order valence-electron chi connectivity index (χ4n) is 2.39. The zero-order chi connectivity index (χ0) is 15.5. The standard InChI is InChI=1S/C13H19F3N2O3/c14-13(15,16)12(20)18-6-4-17(5-7-18)8-9-21-11(19)10-2-1-3-10/h10H,1-9H2. The van der Waals surface area contributed by atoms with E-state index in [1.54, 1.807) is 0 Å². The first-order valence-corrected chi connectivity index (χ1v) is 7.13. The van der Waals surface area contributed by atoms with E-state index in [9.17, 15) is 22.8 Å². The van der Waals surface area contributed by atoms with Crippen molar-refractivity contribution in [3.05, 3.63) is 0 Å². The first-order valence-electron chi connectivity index (χ1n) is 7.13. The first kappa shape index (κ1) is 16.1. The number of carbonyl (C=O) groups is 2. The minimum absolute atomic E-state index is 0.0336. The highest BCUT2D eigenvalue weighted by Gasteiger charge is 2.43. The van der Waals surface area contributed by atoms with E-state index >= 15 is 0 Å². The molecule has 0 radical (unpaired) electrons. The summed E-state index contributed by atoms with van der Waals surface area (Å²) in [6, 6.07) is 0. The fourth-order valence-corrected chi connectivity index (χ4v) is 2.39. The van der Waals surface area contributed by atoms with Crippen LogP contribution in [0.5, 0.6) is 0 Å². The molecule has 2 aliphatic rings. The second kappa shape index (κ2) is 6.64. The van der Waals surface area contributed by atoms with Gasteiger partial charge in [-0.15, -0.1) is 0 Å². The van der Waals surface area contributed by atoms with Crippen LogP contribution in [-0.4, -0.2) is 67.2 Å². The Kier molecular flexibility index (Phi) is 5.08. The number of halogens is 3. The lowest BCUT2D eigenvalue weighted by Crippen LogP contribution is -2.52. The van der Waals surface area contributed by atoms with Crippen molar-refractivity contribution in [2.75, 3.05) is 39.3 Å². The van der Waals surface area contributed by atoms with Gasteiger partial charge in [0, 0.05) is 32.7 Å². The summed E-state index contributed by atoms with van der Waals surface area (Å²) in [5.74, 6) is -1.92. The highest BCUT2D eigenvalue weighted by molar-refractivity contribution is 5.81. The Morgan fingerprint density at radius 3 is 2.19 bits per heavy atom. The lowest BCUT2D eigenvalue weighted by atomic mass is 9.86. The molecule has 0 aromatic rings. The number of nitrogens with zero attached hydrogens (tertiary/aromatic N) is 2. The van der Waals surface area contributed by atoms with Gasteiger partial charge in [-0.1, -0.05) is 6.42 Å². The van der Waals surface area contributed by atoms with Crippen LogP contribution in [0.15, 0.2) is 0 Å². The number of carbonyl (C=O) groups excluding carboxylic acids is 2. The fraction of sp³-hybridized carbons (Fsp3) is 0.846. The molecule has 1 heterocycles. The molecule has 8 heteroatoms. The molecule has 1 amide bonds. The predicted molar refractivity (Wildman–Crippen MR) is 67.4 cm³/mol. The number of alkyl halides is 3. The molecular weight excluding hydrogens is 289 g/mol. The van der Waals surface area contributed by atoms with Gasteiger partial charge in [-0.3, -0.25) is 14.5 Å². The summed E-state index contributed by atoms with van der Waals surface area (Å²) in [6.45, 7) is 1.57. The summed E-state index contributed by atoms with van der Waals surface area (Å²) < 4.78 is 42.0. The molecule has 0 spiro atoms. The van der Waals surface area contributed by atoms with Gasteiger partial charge < -0.3 is 9.64 Å². The zero-order valence-corrected chi connectivity index (χ0v) is 11.7. The second-order valence-corrected chi connectivity index (χ2v) is 5.43. The highest BCUT2D eigenvalue weighted by atomic mass is 19.4. The van der Waals surface area contributed by atoms with Crippen molar-refractivity contribution in [3.8, 4) is 0 Å². The Morgan fingerprint density at radius 2 is 1.71 bits per heavy atom. The minimum Gasteiger partial charge on any atom is -0.464 e. The number of rotatable bonds is 4. The molecule has 0 aromatic carbocycles.